The van der Waals surface area contributed by atoms with Crippen molar-refractivity contribution in [3.05, 3.63) is 24.3 Å². The molecule has 2 N–H and O–H groups in total. The van der Waals surface area contributed by atoms with Crippen molar-refractivity contribution in [2.45, 2.75) is 26.3 Å². The van der Waals surface area contributed by atoms with Gasteiger partial charge in [0.05, 0.1) is 13.7 Å². The highest BCUT2D eigenvalue weighted by atomic mass is 16.6. The molecule has 0 aliphatic heterocycles. The Morgan fingerprint density at radius 3 is 2.48 bits per heavy atom. The Bertz CT molecular complexity index is 459. The molecule has 1 atom stereocenters. The number of esters is 1. The van der Waals surface area contributed by atoms with Crippen LogP contribution in [0, 0.1) is 0 Å². The maximum atomic E-state index is 11.7. The van der Waals surface area contributed by atoms with Crippen LogP contribution < -0.4 is 15.4 Å². The lowest BCUT2D eigenvalue weighted by Gasteiger charge is -2.11. The molecule has 0 spiro atoms. The van der Waals surface area contributed by atoms with E-state index in [-0.39, 0.29) is 19.1 Å². The molecule has 1 aromatic carbocycles. The Morgan fingerprint density at radius 1 is 1.24 bits per heavy atom. The monoisotopic (exact) mass is 294 g/mol. The lowest BCUT2D eigenvalue weighted by molar-refractivity contribution is -0.142. The number of rotatable bonds is 8. The molecular formula is C15H22N2O4. The summed E-state index contributed by atoms with van der Waals surface area (Å²) >= 11 is 0. The van der Waals surface area contributed by atoms with Crippen LogP contribution in [0.3, 0.4) is 0 Å². The minimum absolute atomic E-state index is 0.0986. The molecule has 0 saturated carbocycles. The van der Waals surface area contributed by atoms with Crippen molar-refractivity contribution in [1.29, 1.82) is 0 Å². The summed E-state index contributed by atoms with van der Waals surface area (Å²) in [6.07, 6.45) is 0.972. The van der Waals surface area contributed by atoms with E-state index in [9.17, 15) is 9.59 Å². The van der Waals surface area contributed by atoms with E-state index in [1.165, 1.54) is 7.11 Å². The average Bonchev–Trinajstić information content (AvgIpc) is 2.51. The second-order valence-electron chi connectivity index (χ2n) is 4.63. The van der Waals surface area contributed by atoms with Gasteiger partial charge in [-0.15, -0.1) is 0 Å². The molecule has 1 amide bonds. The van der Waals surface area contributed by atoms with Crippen molar-refractivity contribution in [3.8, 4) is 5.75 Å². The fourth-order valence-electron chi connectivity index (χ4n) is 1.45. The summed E-state index contributed by atoms with van der Waals surface area (Å²) in [6.45, 7) is 4.22. The van der Waals surface area contributed by atoms with E-state index in [1.807, 2.05) is 6.92 Å². The highest BCUT2D eigenvalue weighted by molar-refractivity contribution is 5.92. The smallest absolute Gasteiger partial charge is 0.343 e. The lowest BCUT2D eigenvalue weighted by atomic mass is 10.2. The molecule has 0 radical (unpaired) electrons. The summed E-state index contributed by atoms with van der Waals surface area (Å²) in [5.74, 6) is -0.00171. The first-order valence-corrected chi connectivity index (χ1v) is 6.88. The zero-order valence-electron chi connectivity index (χ0n) is 12.6. The number of nitrogens with one attached hydrogen (secondary N) is 2. The average molecular weight is 294 g/mol. The summed E-state index contributed by atoms with van der Waals surface area (Å²) in [7, 11) is 1.30. The molecule has 1 unspecified atom stereocenters. The van der Waals surface area contributed by atoms with Gasteiger partial charge in [0.2, 0.25) is 5.91 Å². The predicted molar refractivity (Wildman–Crippen MR) is 80.3 cm³/mol. The Kier molecular flexibility index (Phi) is 7.25. The van der Waals surface area contributed by atoms with Crippen LogP contribution in [-0.4, -0.2) is 38.2 Å². The maximum absolute atomic E-state index is 11.7. The predicted octanol–water partition coefficient (Wildman–Crippen LogP) is 1.56. The summed E-state index contributed by atoms with van der Waals surface area (Å²) in [4.78, 5) is 22.6. The molecule has 21 heavy (non-hydrogen) atoms. The lowest BCUT2D eigenvalue weighted by Crippen LogP contribution is -2.33. The quantitative estimate of drug-likeness (QED) is 0.712. The van der Waals surface area contributed by atoms with Crippen LogP contribution in [0.1, 0.15) is 20.3 Å². The van der Waals surface area contributed by atoms with Crippen molar-refractivity contribution in [3.63, 3.8) is 0 Å². The first-order chi connectivity index (χ1) is 10.0. The van der Waals surface area contributed by atoms with Gasteiger partial charge in [-0.25, -0.2) is 4.79 Å². The van der Waals surface area contributed by atoms with Gasteiger partial charge in [-0.1, -0.05) is 6.92 Å². The summed E-state index contributed by atoms with van der Waals surface area (Å²) in [5.41, 5.74) is 0.677. The molecule has 0 heterocycles. The molecule has 0 bridgehead atoms. The number of hydrogen-bond donors (Lipinski definition) is 2. The molecule has 0 aromatic heterocycles. The fraction of sp³-hybridized carbons (Fsp3) is 0.467. The number of carbonyl (C=O) groups is 2. The number of methoxy groups -OCH3 is 1. The zero-order chi connectivity index (χ0) is 15.7. The molecule has 0 saturated heterocycles. The van der Waals surface area contributed by atoms with Crippen molar-refractivity contribution >= 4 is 17.6 Å². The van der Waals surface area contributed by atoms with Gasteiger partial charge < -0.3 is 20.1 Å². The van der Waals surface area contributed by atoms with Crippen LogP contribution in [-0.2, 0) is 14.3 Å². The van der Waals surface area contributed by atoms with Crippen molar-refractivity contribution in [1.82, 2.24) is 5.32 Å². The van der Waals surface area contributed by atoms with E-state index in [0.29, 0.717) is 17.5 Å². The van der Waals surface area contributed by atoms with E-state index in [1.54, 1.807) is 24.3 Å². The van der Waals surface area contributed by atoms with Crippen molar-refractivity contribution < 1.29 is 19.1 Å². The maximum Gasteiger partial charge on any atom is 0.343 e. The van der Waals surface area contributed by atoms with E-state index in [0.717, 1.165) is 6.42 Å². The Balaban J connectivity index is 2.40. The van der Waals surface area contributed by atoms with Gasteiger partial charge >= 0.3 is 5.97 Å². The first kappa shape index (κ1) is 17.0. The Labute approximate surface area is 124 Å². The summed E-state index contributed by atoms with van der Waals surface area (Å²) in [6, 6.07) is 7.10. The van der Waals surface area contributed by atoms with Crippen LogP contribution in [0.15, 0.2) is 24.3 Å². The summed E-state index contributed by atoms with van der Waals surface area (Å²) in [5, 5.41) is 5.89. The fourth-order valence-corrected chi connectivity index (χ4v) is 1.45. The second-order valence-corrected chi connectivity index (χ2v) is 4.63. The first-order valence-electron chi connectivity index (χ1n) is 6.88. The van der Waals surface area contributed by atoms with Crippen LogP contribution in [0.5, 0.6) is 5.75 Å². The van der Waals surface area contributed by atoms with Gasteiger partial charge in [-0.05, 0) is 37.6 Å². The molecule has 116 valence electrons. The van der Waals surface area contributed by atoms with E-state index in [2.05, 4.69) is 22.3 Å². The van der Waals surface area contributed by atoms with Gasteiger partial charge in [-0.2, -0.15) is 0 Å². The Hall–Kier alpha value is -2.08. The number of carbonyl (C=O) groups excluding carboxylic acids is 2. The van der Waals surface area contributed by atoms with Crippen LogP contribution >= 0.6 is 0 Å². The second kappa shape index (κ2) is 8.97. The number of benzene rings is 1. The van der Waals surface area contributed by atoms with E-state index < -0.39 is 5.97 Å². The van der Waals surface area contributed by atoms with Gasteiger partial charge in [-0.3, -0.25) is 4.79 Å². The largest absolute Gasteiger partial charge is 0.482 e. The molecule has 6 nitrogen and oxygen atoms in total. The normalized spacial score (nSPS) is 11.6. The highest BCUT2D eigenvalue weighted by Crippen LogP contribution is 2.15. The molecule has 0 aliphatic carbocycles. The molecule has 1 rings (SSSR count). The Morgan fingerprint density at radius 2 is 1.90 bits per heavy atom. The number of ether oxygens (including phenoxy) is 2. The van der Waals surface area contributed by atoms with E-state index in [4.69, 9.17) is 4.74 Å². The third-order valence-corrected chi connectivity index (χ3v) is 2.95. The topological polar surface area (TPSA) is 76.7 Å². The number of anilines is 1. The molecule has 0 fully saturated rings. The van der Waals surface area contributed by atoms with Crippen LogP contribution in [0.25, 0.3) is 0 Å². The van der Waals surface area contributed by atoms with Gasteiger partial charge in [0, 0.05) is 11.7 Å². The molecule has 0 aliphatic rings. The molecule has 1 aromatic rings. The third-order valence-electron chi connectivity index (χ3n) is 2.95. The van der Waals surface area contributed by atoms with Gasteiger partial charge in [0.25, 0.3) is 0 Å². The molecular weight excluding hydrogens is 272 g/mol. The minimum Gasteiger partial charge on any atom is -0.482 e. The SMILES string of the molecule is CCC(C)NCC(=O)Nc1ccc(OCC(=O)OC)cc1. The molecule has 6 heteroatoms. The van der Waals surface area contributed by atoms with Crippen molar-refractivity contribution in [2.75, 3.05) is 25.6 Å². The van der Waals surface area contributed by atoms with Gasteiger partial charge in [0.15, 0.2) is 6.61 Å². The third kappa shape index (κ3) is 6.76. The van der Waals surface area contributed by atoms with Crippen LogP contribution in [0.4, 0.5) is 5.69 Å². The summed E-state index contributed by atoms with van der Waals surface area (Å²) < 4.78 is 9.69. The minimum atomic E-state index is -0.441. The van der Waals surface area contributed by atoms with Crippen LogP contribution in [0.2, 0.25) is 0 Å². The van der Waals surface area contributed by atoms with E-state index >= 15 is 0 Å². The standard InChI is InChI=1S/C15H22N2O4/c1-4-11(2)16-9-14(18)17-12-5-7-13(8-6-12)21-10-15(19)20-3/h5-8,11,16H,4,9-10H2,1-3H3,(H,17,18). The number of amides is 1. The van der Waals surface area contributed by atoms with Gasteiger partial charge in [0.1, 0.15) is 5.75 Å². The zero-order valence-corrected chi connectivity index (χ0v) is 12.6. The number of hydrogen-bond acceptors (Lipinski definition) is 5. The highest BCUT2D eigenvalue weighted by Gasteiger charge is 2.05. The van der Waals surface area contributed by atoms with Crippen molar-refractivity contribution in [2.24, 2.45) is 0 Å².